The van der Waals surface area contributed by atoms with Gasteiger partial charge in [0.25, 0.3) is 5.91 Å². The lowest BCUT2D eigenvalue weighted by molar-refractivity contribution is 0.0930. The van der Waals surface area contributed by atoms with Gasteiger partial charge in [0.1, 0.15) is 18.1 Å². The molecule has 3 aromatic rings. The minimum absolute atomic E-state index is 0.0502. The molecule has 1 fully saturated rings. The number of hydrogen-bond donors (Lipinski definition) is 1. The van der Waals surface area contributed by atoms with E-state index in [0.29, 0.717) is 29.8 Å². The first-order chi connectivity index (χ1) is 14.0. The zero-order valence-corrected chi connectivity index (χ0v) is 17.0. The van der Waals surface area contributed by atoms with E-state index < -0.39 is 0 Å². The molecule has 1 heterocycles. The van der Waals surface area contributed by atoms with E-state index in [1.54, 1.807) is 12.1 Å². The predicted octanol–water partition coefficient (Wildman–Crippen LogP) is 5.00. The third-order valence-electron chi connectivity index (χ3n) is 5.73. The Morgan fingerprint density at radius 1 is 1.17 bits per heavy atom. The van der Waals surface area contributed by atoms with Crippen LogP contribution in [0.1, 0.15) is 52.3 Å². The van der Waals surface area contributed by atoms with Crippen LogP contribution < -0.4 is 10.1 Å². The van der Waals surface area contributed by atoms with Gasteiger partial charge in [0.05, 0.1) is 17.3 Å². The summed E-state index contributed by atoms with van der Waals surface area (Å²) >= 11 is 0. The number of rotatable bonds is 7. The lowest BCUT2D eigenvalue weighted by Crippen LogP contribution is -2.30. The van der Waals surface area contributed by atoms with Crippen molar-refractivity contribution in [2.24, 2.45) is 11.8 Å². The molecular weight excluding hydrogens is 364 g/mol. The molecule has 1 saturated carbocycles. The third-order valence-corrected chi connectivity index (χ3v) is 5.73. The Balaban J connectivity index is 1.41. The molecule has 0 radical (unpaired) electrons. The molecule has 150 valence electrons. The molecular formula is C24H26N2O3. The molecule has 29 heavy (non-hydrogen) atoms. The molecule has 1 aliphatic carbocycles. The summed E-state index contributed by atoms with van der Waals surface area (Å²) in [7, 11) is 0. The van der Waals surface area contributed by atoms with Crippen LogP contribution in [-0.2, 0) is 6.61 Å². The molecule has 5 nitrogen and oxygen atoms in total. The smallest absolute Gasteiger partial charge is 0.251 e. The molecule has 3 unspecified atom stereocenters. The number of amides is 1. The van der Waals surface area contributed by atoms with Crippen LogP contribution in [0, 0.1) is 25.7 Å². The Morgan fingerprint density at radius 2 is 1.86 bits per heavy atom. The Kier molecular flexibility index (Phi) is 5.38. The van der Waals surface area contributed by atoms with Gasteiger partial charge < -0.3 is 14.6 Å². The van der Waals surface area contributed by atoms with Crippen LogP contribution in [0.15, 0.2) is 59.1 Å². The second kappa shape index (κ2) is 8.11. The molecule has 1 aromatic heterocycles. The standard InChI is InChI=1S/C24H26N2O3/c1-15-13-21(15)23(18-7-5-4-6-8-18)25-24(27)19-9-11-20(12-10-19)28-14-22-16(2)26-29-17(22)3/h4-12,15,21,23H,13-14H2,1-3H3,(H,25,27). The van der Waals surface area contributed by atoms with Gasteiger partial charge in [0.15, 0.2) is 0 Å². The summed E-state index contributed by atoms with van der Waals surface area (Å²) in [4.78, 5) is 12.8. The van der Waals surface area contributed by atoms with Crippen LogP contribution in [0.3, 0.4) is 0 Å². The maximum Gasteiger partial charge on any atom is 0.251 e. The SMILES string of the molecule is Cc1noc(C)c1COc1ccc(C(=O)NC(c2ccccc2)C2CC2C)cc1. The molecule has 4 rings (SSSR count). The Morgan fingerprint density at radius 3 is 2.45 bits per heavy atom. The average molecular weight is 390 g/mol. The molecule has 5 heteroatoms. The predicted molar refractivity (Wildman–Crippen MR) is 111 cm³/mol. The molecule has 0 aliphatic heterocycles. The van der Waals surface area contributed by atoms with Gasteiger partial charge in [-0.3, -0.25) is 4.79 Å². The first-order valence-corrected chi connectivity index (χ1v) is 10.0. The fraction of sp³-hybridized carbons (Fsp3) is 0.333. The maximum atomic E-state index is 12.8. The zero-order chi connectivity index (χ0) is 20.4. The van der Waals surface area contributed by atoms with Gasteiger partial charge in [-0.05, 0) is 61.9 Å². The molecule has 1 aliphatic rings. The number of nitrogens with zero attached hydrogens (tertiary/aromatic N) is 1. The number of carbonyl (C=O) groups is 1. The molecule has 2 aromatic carbocycles. The number of benzene rings is 2. The second-order valence-corrected chi connectivity index (χ2v) is 7.85. The number of aromatic nitrogens is 1. The minimum Gasteiger partial charge on any atom is -0.489 e. The Labute approximate surface area is 171 Å². The summed E-state index contributed by atoms with van der Waals surface area (Å²) in [5.41, 5.74) is 3.58. The van der Waals surface area contributed by atoms with Crippen molar-refractivity contribution in [3.63, 3.8) is 0 Å². The summed E-state index contributed by atoms with van der Waals surface area (Å²) < 4.78 is 11.0. The summed E-state index contributed by atoms with van der Waals surface area (Å²) in [6.45, 7) is 6.39. The van der Waals surface area contributed by atoms with Crippen molar-refractivity contribution in [3.8, 4) is 5.75 Å². The summed E-state index contributed by atoms with van der Waals surface area (Å²) in [6, 6.07) is 17.5. The van der Waals surface area contributed by atoms with Gasteiger partial charge in [-0.1, -0.05) is 42.4 Å². The Bertz CT molecular complexity index is 960. The largest absolute Gasteiger partial charge is 0.489 e. The fourth-order valence-electron chi connectivity index (χ4n) is 3.70. The maximum absolute atomic E-state index is 12.8. The van der Waals surface area contributed by atoms with Crippen molar-refractivity contribution in [1.82, 2.24) is 10.5 Å². The van der Waals surface area contributed by atoms with E-state index >= 15 is 0 Å². The second-order valence-electron chi connectivity index (χ2n) is 7.85. The normalized spacial score (nSPS) is 18.9. The molecule has 1 N–H and O–H groups in total. The van der Waals surface area contributed by atoms with Gasteiger partial charge in [-0.25, -0.2) is 0 Å². The van der Waals surface area contributed by atoms with Crippen molar-refractivity contribution in [2.75, 3.05) is 0 Å². The number of ether oxygens (including phenoxy) is 1. The number of aryl methyl sites for hydroxylation is 2. The van der Waals surface area contributed by atoms with E-state index in [2.05, 4.69) is 29.5 Å². The van der Waals surface area contributed by atoms with Crippen LogP contribution in [0.25, 0.3) is 0 Å². The molecule has 0 bridgehead atoms. The van der Waals surface area contributed by atoms with Crippen molar-refractivity contribution in [1.29, 1.82) is 0 Å². The van der Waals surface area contributed by atoms with Crippen molar-refractivity contribution in [3.05, 3.63) is 82.7 Å². The monoisotopic (exact) mass is 390 g/mol. The number of nitrogens with one attached hydrogen (secondary N) is 1. The summed E-state index contributed by atoms with van der Waals surface area (Å²) in [5, 5.41) is 7.17. The molecule has 0 saturated heterocycles. The van der Waals surface area contributed by atoms with Crippen molar-refractivity contribution < 1.29 is 14.1 Å². The van der Waals surface area contributed by atoms with Gasteiger partial charge in [0, 0.05) is 5.56 Å². The minimum atomic E-state index is -0.0600. The van der Waals surface area contributed by atoms with E-state index in [0.717, 1.165) is 29.0 Å². The van der Waals surface area contributed by atoms with E-state index in [1.165, 1.54) is 0 Å². The average Bonchev–Trinajstić information content (AvgIpc) is 3.38. The summed E-state index contributed by atoms with van der Waals surface area (Å²) in [5.74, 6) is 2.55. The van der Waals surface area contributed by atoms with E-state index in [4.69, 9.17) is 9.26 Å². The fourth-order valence-corrected chi connectivity index (χ4v) is 3.70. The van der Waals surface area contributed by atoms with Crippen molar-refractivity contribution in [2.45, 2.75) is 39.8 Å². The van der Waals surface area contributed by atoms with Crippen LogP contribution in [0.2, 0.25) is 0 Å². The van der Waals surface area contributed by atoms with Crippen LogP contribution >= 0.6 is 0 Å². The van der Waals surface area contributed by atoms with Crippen LogP contribution in [-0.4, -0.2) is 11.1 Å². The highest BCUT2D eigenvalue weighted by Crippen LogP contribution is 2.47. The zero-order valence-electron chi connectivity index (χ0n) is 17.0. The van der Waals surface area contributed by atoms with Crippen molar-refractivity contribution >= 4 is 5.91 Å². The first kappa shape index (κ1) is 19.2. The third kappa shape index (κ3) is 4.34. The van der Waals surface area contributed by atoms with Gasteiger partial charge in [0.2, 0.25) is 0 Å². The highest BCUT2D eigenvalue weighted by Gasteiger charge is 2.40. The number of carbonyl (C=O) groups excluding carboxylic acids is 1. The topological polar surface area (TPSA) is 64.4 Å². The van der Waals surface area contributed by atoms with E-state index in [9.17, 15) is 4.79 Å². The van der Waals surface area contributed by atoms with E-state index in [-0.39, 0.29) is 11.9 Å². The lowest BCUT2D eigenvalue weighted by Gasteiger charge is -2.19. The van der Waals surface area contributed by atoms with E-state index in [1.807, 2.05) is 44.2 Å². The Hall–Kier alpha value is -3.08. The van der Waals surface area contributed by atoms with Gasteiger partial charge in [-0.15, -0.1) is 0 Å². The summed E-state index contributed by atoms with van der Waals surface area (Å²) in [6.07, 6.45) is 1.15. The molecule has 3 atom stereocenters. The quantitative estimate of drug-likeness (QED) is 0.617. The van der Waals surface area contributed by atoms with Gasteiger partial charge in [-0.2, -0.15) is 0 Å². The molecule has 0 spiro atoms. The molecule has 1 amide bonds. The first-order valence-electron chi connectivity index (χ1n) is 10.0. The van der Waals surface area contributed by atoms with Crippen LogP contribution in [0.5, 0.6) is 5.75 Å². The van der Waals surface area contributed by atoms with Gasteiger partial charge >= 0.3 is 0 Å². The number of hydrogen-bond acceptors (Lipinski definition) is 4. The highest BCUT2D eigenvalue weighted by molar-refractivity contribution is 5.94. The van der Waals surface area contributed by atoms with Crippen LogP contribution in [0.4, 0.5) is 0 Å². The highest BCUT2D eigenvalue weighted by atomic mass is 16.5. The lowest BCUT2D eigenvalue weighted by atomic mass is 10.0.